The van der Waals surface area contributed by atoms with E-state index < -0.39 is 20.3 Å². The SMILES string of the molecule is CC(C)(C)C1OC(C2(N)CCCCC2)=NS(=O)(=O)C12CC2. The second-order valence-corrected chi connectivity index (χ2v) is 9.96. The molecule has 0 bridgehead atoms. The van der Waals surface area contributed by atoms with Crippen LogP contribution in [0.1, 0.15) is 65.7 Å². The van der Waals surface area contributed by atoms with Crippen molar-refractivity contribution in [3.8, 4) is 0 Å². The molecule has 0 saturated heterocycles. The van der Waals surface area contributed by atoms with Crippen molar-refractivity contribution in [2.75, 3.05) is 0 Å². The van der Waals surface area contributed by atoms with Crippen LogP contribution >= 0.6 is 0 Å². The molecule has 3 aliphatic rings. The van der Waals surface area contributed by atoms with Crippen LogP contribution in [0.3, 0.4) is 0 Å². The number of hydrogen-bond donors (Lipinski definition) is 1. The molecule has 0 aromatic carbocycles. The zero-order valence-corrected chi connectivity index (χ0v) is 14.0. The number of ether oxygens (including phenoxy) is 1. The second-order valence-electron chi connectivity index (χ2n) is 8.02. The van der Waals surface area contributed by atoms with Crippen LogP contribution in [0.4, 0.5) is 0 Å². The Morgan fingerprint density at radius 1 is 1.14 bits per heavy atom. The summed E-state index contributed by atoms with van der Waals surface area (Å²) in [6, 6.07) is 0. The molecule has 2 aliphatic carbocycles. The molecule has 0 radical (unpaired) electrons. The van der Waals surface area contributed by atoms with Gasteiger partial charge < -0.3 is 10.5 Å². The lowest BCUT2D eigenvalue weighted by Gasteiger charge is -2.44. The Morgan fingerprint density at radius 3 is 2.19 bits per heavy atom. The predicted molar refractivity (Wildman–Crippen MR) is 82.7 cm³/mol. The minimum atomic E-state index is -3.54. The van der Waals surface area contributed by atoms with Gasteiger partial charge in [-0.1, -0.05) is 40.0 Å². The van der Waals surface area contributed by atoms with Crippen molar-refractivity contribution >= 4 is 15.9 Å². The van der Waals surface area contributed by atoms with Crippen molar-refractivity contribution < 1.29 is 13.2 Å². The molecule has 1 unspecified atom stereocenters. The Hall–Kier alpha value is -0.620. The van der Waals surface area contributed by atoms with Crippen molar-refractivity contribution in [2.45, 2.75) is 82.1 Å². The summed E-state index contributed by atoms with van der Waals surface area (Å²) in [5.74, 6) is 0.264. The van der Waals surface area contributed by atoms with E-state index in [4.69, 9.17) is 10.5 Å². The largest absolute Gasteiger partial charge is 0.473 e. The summed E-state index contributed by atoms with van der Waals surface area (Å²) in [7, 11) is -3.54. The van der Waals surface area contributed by atoms with Gasteiger partial charge >= 0.3 is 0 Å². The highest BCUT2D eigenvalue weighted by molar-refractivity contribution is 7.92. The van der Waals surface area contributed by atoms with E-state index >= 15 is 0 Å². The first-order valence-corrected chi connectivity index (χ1v) is 9.35. The molecule has 6 heteroatoms. The van der Waals surface area contributed by atoms with Gasteiger partial charge in [0.25, 0.3) is 10.0 Å². The van der Waals surface area contributed by atoms with E-state index in [1.807, 2.05) is 20.8 Å². The number of nitrogens with two attached hydrogens (primary N) is 1. The van der Waals surface area contributed by atoms with Gasteiger partial charge in [0.15, 0.2) is 0 Å². The average molecular weight is 314 g/mol. The van der Waals surface area contributed by atoms with Crippen molar-refractivity contribution in [1.82, 2.24) is 0 Å². The monoisotopic (exact) mass is 314 g/mol. The summed E-state index contributed by atoms with van der Waals surface area (Å²) < 4.78 is 34.8. The smallest absolute Gasteiger partial charge is 0.265 e. The van der Waals surface area contributed by atoms with Gasteiger partial charge in [-0.25, -0.2) is 8.42 Å². The van der Waals surface area contributed by atoms with Gasteiger partial charge in [0, 0.05) is 5.41 Å². The predicted octanol–water partition coefficient (Wildman–Crippen LogP) is 2.35. The van der Waals surface area contributed by atoms with Crippen LogP contribution < -0.4 is 5.73 Å². The lowest BCUT2D eigenvalue weighted by molar-refractivity contribution is 0.0488. The fourth-order valence-corrected chi connectivity index (χ4v) is 5.71. The van der Waals surface area contributed by atoms with Crippen molar-refractivity contribution in [3.05, 3.63) is 0 Å². The third-order valence-corrected chi connectivity index (χ3v) is 7.18. The van der Waals surface area contributed by atoms with Crippen LogP contribution in [0.2, 0.25) is 0 Å². The molecule has 2 fully saturated rings. The van der Waals surface area contributed by atoms with E-state index in [9.17, 15) is 8.42 Å². The van der Waals surface area contributed by atoms with Gasteiger partial charge in [-0.3, -0.25) is 0 Å². The molecule has 1 spiro atoms. The van der Waals surface area contributed by atoms with Crippen LogP contribution in [-0.2, 0) is 14.8 Å². The molecule has 5 nitrogen and oxygen atoms in total. The van der Waals surface area contributed by atoms with Crippen LogP contribution in [-0.4, -0.2) is 30.7 Å². The average Bonchev–Trinajstić information content (AvgIpc) is 3.14. The Labute approximate surface area is 127 Å². The van der Waals surface area contributed by atoms with Gasteiger partial charge in [-0.2, -0.15) is 0 Å². The van der Waals surface area contributed by atoms with Crippen molar-refractivity contribution in [3.63, 3.8) is 0 Å². The summed E-state index contributed by atoms with van der Waals surface area (Å²) >= 11 is 0. The summed E-state index contributed by atoms with van der Waals surface area (Å²) in [5, 5.41) is 0. The standard InChI is InChI=1S/C15H26N2O3S/c1-13(2,3)11-15(9-10-15)21(18,19)17-12(20-11)14(16)7-5-4-6-8-14/h11H,4-10,16H2,1-3H3. The Morgan fingerprint density at radius 2 is 1.71 bits per heavy atom. The van der Waals surface area contributed by atoms with Gasteiger partial charge in [-0.15, -0.1) is 4.40 Å². The lowest BCUT2D eigenvalue weighted by atomic mass is 9.81. The van der Waals surface area contributed by atoms with E-state index in [1.165, 1.54) is 0 Å². The number of rotatable bonds is 1. The highest BCUT2D eigenvalue weighted by atomic mass is 32.2. The lowest BCUT2D eigenvalue weighted by Crippen LogP contribution is -2.58. The quantitative estimate of drug-likeness (QED) is 0.805. The molecule has 120 valence electrons. The highest BCUT2D eigenvalue weighted by Crippen LogP contribution is 2.55. The molecule has 2 saturated carbocycles. The molecular formula is C15H26N2O3S. The van der Waals surface area contributed by atoms with Crippen LogP contribution in [0.5, 0.6) is 0 Å². The zero-order chi connectivity index (χ0) is 15.5. The molecule has 1 heterocycles. The van der Waals surface area contributed by atoms with E-state index in [0.717, 1.165) is 32.1 Å². The molecule has 1 atom stereocenters. The van der Waals surface area contributed by atoms with Gasteiger partial charge in [-0.05, 0) is 25.7 Å². The number of hydrogen-bond acceptors (Lipinski definition) is 4. The van der Waals surface area contributed by atoms with E-state index in [1.54, 1.807) is 0 Å². The molecule has 2 N–H and O–H groups in total. The van der Waals surface area contributed by atoms with Crippen LogP contribution in [0.15, 0.2) is 4.40 Å². The Kier molecular flexibility index (Phi) is 3.23. The summed E-state index contributed by atoms with van der Waals surface area (Å²) in [6.45, 7) is 6.08. The fourth-order valence-electron chi connectivity index (χ4n) is 3.79. The van der Waals surface area contributed by atoms with E-state index in [2.05, 4.69) is 4.40 Å². The molecule has 3 rings (SSSR count). The van der Waals surface area contributed by atoms with Crippen LogP contribution in [0, 0.1) is 5.41 Å². The summed E-state index contributed by atoms with van der Waals surface area (Å²) in [5.41, 5.74) is 5.49. The van der Waals surface area contributed by atoms with Crippen molar-refractivity contribution in [2.24, 2.45) is 15.5 Å². The minimum absolute atomic E-state index is 0.254. The van der Waals surface area contributed by atoms with Crippen molar-refractivity contribution in [1.29, 1.82) is 0 Å². The maximum atomic E-state index is 12.7. The van der Waals surface area contributed by atoms with Crippen LogP contribution in [0.25, 0.3) is 0 Å². The third kappa shape index (κ3) is 2.31. The topological polar surface area (TPSA) is 81.8 Å². The van der Waals surface area contributed by atoms with E-state index in [0.29, 0.717) is 12.8 Å². The number of nitrogens with zero attached hydrogens (tertiary/aromatic N) is 1. The summed E-state index contributed by atoms with van der Waals surface area (Å²) in [6.07, 6.45) is 5.60. The van der Waals surface area contributed by atoms with Gasteiger partial charge in [0.1, 0.15) is 10.9 Å². The summed E-state index contributed by atoms with van der Waals surface area (Å²) in [4.78, 5) is 0. The second kappa shape index (κ2) is 4.44. The molecule has 0 aromatic heterocycles. The first-order valence-electron chi connectivity index (χ1n) is 7.91. The number of sulfonamides is 1. The Balaban J connectivity index is 2.02. The fraction of sp³-hybridized carbons (Fsp3) is 0.933. The van der Waals surface area contributed by atoms with Gasteiger partial charge in [0.05, 0.1) is 5.54 Å². The first kappa shape index (κ1) is 15.3. The highest BCUT2D eigenvalue weighted by Gasteiger charge is 2.67. The molecule has 0 aromatic rings. The molecule has 21 heavy (non-hydrogen) atoms. The minimum Gasteiger partial charge on any atom is -0.473 e. The maximum Gasteiger partial charge on any atom is 0.265 e. The molecule has 0 amide bonds. The zero-order valence-electron chi connectivity index (χ0n) is 13.2. The third-order valence-electron chi connectivity index (χ3n) is 5.13. The normalized spacial score (nSPS) is 33.1. The first-order chi connectivity index (χ1) is 9.61. The molecule has 1 aliphatic heterocycles. The molecular weight excluding hydrogens is 288 g/mol. The van der Waals surface area contributed by atoms with Gasteiger partial charge in [0.2, 0.25) is 5.90 Å². The van der Waals surface area contributed by atoms with E-state index in [-0.39, 0.29) is 17.4 Å². The maximum absolute atomic E-state index is 12.7. The Bertz CT molecular complexity index is 564.